The summed E-state index contributed by atoms with van der Waals surface area (Å²) in [6.07, 6.45) is 1.44. The predicted molar refractivity (Wildman–Crippen MR) is 168 cm³/mol. The number of pyridine rings is 1. The van der Waals surface area contributed by atoms with Crippen molar-refractivity contribution in [3.8, 4) is 22.6 Å². The first-order chi connectivity index (χ1) is 22.0. The number of piperazine rings is 1. The van der Waals surface area contributed by atoms with Crippen LogP contribution in [0.15, 0.2) is 53.5 Å². The Balaban J connectivity index is 1.28. The van der Waals surface area contributed by atoms with Crippen molar-refractivity contribution in [2.75, 3.05) is 38.5 Å². The highest BCUT2D eigenvalue weighted by atomic mass is 19.1. The molecule has 12 heteroatoms. The second-order valence-electron chi connectivity index (χ2n) is 12.8. The van der Waals surface area contributed by atoms with Gasteiger partial charge in [-0.25, -0.2) is 8.78 Å². The van der Waals surface area contributed by atoms with Gasteiger partial charge in [-0.2, -0.15) is 0 Å². The highest BCUT2D eigenvalue weighted by Gasteiger charge is 2.53. The largest absolute Gasteiger partial charge is 0.454 e. The molecule has 7 rings (SSSR count). The van der Waals surface area contributed by atoms with Crippen LogP contribution in [0.1, 0.15) is 18.5 Å². The fourth-order valence-electron chi connectivity index (χ4n) is 7.16. The van der Waals surface area contributed by atoms with Gasteiger partial charge in [0.2, 0.25) is 5.91 Å². The van der Waals surface area contributed by atoms with Gasteiger partial charge < -0.3 is 29.6 Å². The van der Waals surface area contributed by atoms with Crippen LogP contribution in [0.3, 0.4) is 0 Å². The number of halogens is 2. The molecule has 2 aliphatic carbocycles. The molecular formula is C34H35F2N5O5. The molecule has 2 aromatic carbocycles. The molecule has 1 saturated heterocycles. The molecule has 2 bridgehead atoms. The molecule has 46 heavy (non-hydrogen) atoms. The van der Waals surface area contributed by atoms with Crippen LogP contribution in [-0.2, 0) is 23.2 Å². The molecule has 10 nitrogen and oxygen atoms in total. The topological polar surface area (TPSA) is 120 Å². The Morgan fingerprint density at radius 3 is 2.48 bits per heavy atom. The summed E-state index contributed by atoms with van der Waals surface area (Å²) in [6.45, 7) is 4.32. The summed E-state index contributed by atoms with van der Waals surface area (Å²) >= 11 is 0. The first kappa shape index (κ1) is 30.3. The summed E-state index contributed by atoms with van der Waals surface area (Å²) in [7, 11) is 3.73. The van der Waals surface area contributed by atoms with Gasteiger partial charge in [-0.15, -0.1) is 0 Å². The number of aliphatic hydroxyl groups excluding tert-OH is 1. The minimum absolute atomic E-state index is 0.189. The van der Waals surface area contributed by atoms with E-state index in [1.165, 1.54) is 10.6 Å². The van der Waals surface area contributed by atoms with Gasteiger partial charge in [-0.1, -0.05) is 0 Å². The smallest absolute Gasteiger partial charge is 0.274 e. The number of rotatable bonds is 7. The van der Waals surface area contributed by atoms with Crippen LogP contribution in [0, 0.1) is 29.4 Å². The van der Waals surface area contributed by atoms with Gasteiger partial charge >= 0.3 is 0 Å². The molecule has 3 fully saturated rings. The van der Waals surface area contributed by atoms with E-state index >= 15 is 0 Å². The van der Waals surface area contributed by atoms with E-state index in [0.717, 1.165) is 44.0 Å². The van der Waals surface area contributed by atoms with Crippen molar-refractivity contribution in [1.29, 1.82) is 0 Å². The quantitative estimate of drug-likeness (QED) is 0.283. The number of benzene rings is 2. The summed E-state index contributed by atoms with van der Waals surface area (Å²) in [5.41, 5.74) is 2.54. The molecule has 0 spiro atoms. The summed E-state index contributed by atoms with van der Waals surface area (Å²) in [4.78, 5) is 46.7. The number of nitrogens with one attached hydrogen (secondary N) is 2. The highest BCUT2D eigenvalue weighted by Crippen LogP contribution is 2.47. The first-order valence-electron chi connectivity index (χ1n) is 15.5. The van der Waals surface area contributed by atoms with Gasteiger partial charge in [-0.3, -0.25) is 19.3 Å². The zero-order valence-corrected chi connectivity index (χ0v) is 25.6. The maximum Gasteiger partial charge on any atom is 0.274 e. The number of amides is 1. The third kappa shape index (κ3) is 5.50. The Morgan fingerprint density at radius 1 is 1.00 bits per heavy atom. The zero-order chi connectivity index (χ0) is 32.3. The van der Waals surface area contributed by atoms with E-state index in [-0.39, 0.29) is 34.7 Å². The Bertz CT molecular complexity index is 1910. The number of ketones is 1. The number of aromatic nitrogens is 2. The summed E-state index contributed by atoms with van der Waals surface area (Å²) < 4.78 is 35.8. The summed E-state index contributed by atoms with van der Waals surface area (Å²) in [6, 6.07) is 9.86. The first-order valence-corrected chi connectivity index (χ1v) is 15.5. The molecule has 1 amide bonds. The molecule has 4 aromatic rings. The Hall–Kier alpha value is -4.39. The number of ether oxygens (including phenoxy) is 1. The SMILES string of the molecule is CN1CCN(Cc2cc3c(-c4cc(NC(=O)[C@@H]5C[C@H]6C[C@@H]5[C@H](O)C6=O)ccc4Oc4ccc(F)cc4F)cn(C)c(=O)c3[nH]2)CC1. The van der Waals surface area contributed by atoms with Crippen molar-refractivity contribution in [2.24, 2.45) is 24.8 Å². The predicted octanol–water partition coefficient (Wildman–Crippen LogP) is 3.88. The van der Waals surface area contributed by atoms with Crippen LogP contribution < -0.4 is 15.6 Å². The van der Waals surface area contributed by atoms with Gasteiger partial charge in [0, 0.05) is 97.7 Å². The maximum absolute atomic E-state index is 14.7. The lowest BCUT2D eigenvalue weighted by Crippen LogP contribution is -2.43. The van der Waals surface area contributed by atoms with Gasteiger partial charge in [0.05, 0.1) is 0 Å². The average Bonchev–Trinajstić information content (AvgIpc) is 3.73. The van der Waals surface area contributed by atoms with Gasteiger partial charge in [0.1, 0.15) is 23.2 Å². The molecule has 0 unspecified atom stereocenters. The minimum Gasteiger partial charge on any atom is -0.454 e. The number of aliphatic hydroxyl groups is 1. The van der Waals surface area contributed by atoms with Crippen molar-refractivity contribution in [1.82, 2.24) is 19.4 Å². The average molecular weight is 632 g/mol. The third-order valence-electron chi connectivity index (χ3n) is 9.71. The number of aryl methyl sites for hydroxylation is 1. The van der Waals surface area contributed by atoms with Gasteiger partial charge in [0.15, 0.2) is 17.3 Å². The van der Waals surface area contributed by atoms with E-state index in [2.05, 4.69) is 27.1 Å². The fourth-order valence-corrected chi connectivity index (χ4v) is 7.16. The van der Waals surface area contributed by atoms with E-state index < -0.39 is 29.6 Å². The van der Waals surface area contributed by atoms with Crippen LogP contribution in [0.2, 0.25) is 0 Å². The number of hydrogen-bond donors (Lipinski definition) is 3. The lowest BCUT2D eigenvalue weighted by atomic mass is 9.85. The number of aromatic amines is 1. The van der Waals surface area contributed by atoms with Crippen molar-refractivity contribution < 1.29 is 28.2 Å². The standard InChI is InChI=1S/C34H35F2N5O5/c1-39-7-9-41(10-8-39)16-21-15-23-26(17-40(2)34(45)30(23)37-21)22-14-20(4-6-28(22)46-29-5-3-19(35)13-27(29)36)38-33(44)25-12-18-11-24(25)32(43)31(18)42/h3-6,13-15,17-18,24-25,32,37,43H,7-12,16H2,1-2H3,(H,38,44)/t18-,24+,25-,32+/m1/s1. The minimum atomic E-state index is -1.13. The molecule has 0 radical (unpaired) electrons. The Kier molecular flexibility index (Phi) is 7.74. The van der Waals surface area contributed by atoms with Gasteiger partial charge in [-0.05, 0) is 56.3 Å². The molecule has 3 aliphatic rings. The molecule has 3 heterocycles. The molecule has 2 aromatic heterocycles. The van der Waals surface area contributed by atoms with Crippen molar-refractivity contribution in [3.05, 3.63) is 76.3 Å². The fraction of sp³-hybridized carbons (Fsp3) is 0.382. The Morgan fingerprint density at radius 2 is 1.76 bits per heavy atom. The number of likely N-dealkylation sites (N-methyl/N-ethyl adjacent to an activating group) is 1. The molecule has 1 aliphatic heterocycles. The number of anilines is 1. The Labute approximate surface area is 263 Å². The second kappa shape index (κ2) is 11.8. The van der Waals surface area contributed by atoms with Crippen molar-refractivity contribution in [2.45, 2.75) is 25.5 Å². The molecule has 4 atom stereocenters. The number of fused-ring (bicyclic) bond motifs is 3. The van der Waals surface area contributed by atoms with Crippen LogP contribution in [0.5, 0.6) is 11.5 Å². The van der Waals surface area contributed by atoms with Crippen LogP contribution in [0.25, 0.3) is 22.0 Å². The summed E-state index contributed by atoms with van der Waals surface area (Å²) in [5.74, 6) is -3.30. The van der Waals surface area contributed by atoms with E-state index in [9.17, 15) is 28.3 Å². The number of hydrogen-bond acceptors (Lipinski definition) is 7. The number of nitrogens with zero attached hydrogens (tertiary/aromatic N) is 3. The lowest BCUT2D eigenvalue weighted by molar-refractivity contribution is -0.134. The normalized spacial score (nSPS) is 23.4. The number of carbonyl (C=O) groups is 2. The highest BCUT2D eigenvalue weighted by molar-refractivity contribution is 6.00. The van der Waals surface area contributed by atoms with Gasteiger partial charge in [0.25, 0.3) is 5.56 Å². The number of carbonyl (C=O) groups excluding carboxylic acids is 2. The van der Waals surface area contributed by atoms with Crippen molar-refractivity contribution >= 4 is 28.3 Å². The van der Waals surface area contributed by atoms with E-state index in [1.54, 1.807) is 31.4 Å². The summed E-state index contributed by atoms with van der Waals surface area (Å²) in [5, 5.41) is 13.9. The van der Waals surface area contributed by atoms with E-state index in [4.69, 9.17) is 4.74 Å². The molecule has 240 valence electrons. The molecule has 3 N–H and O–H groups in total. The van der Waals surface area contributed by atoms with E-state index in [0.29, 0.717) is 47.1 Å². The zero-order valence-electron chi connectivity index (χ0n) is 25.6. The number of Topliss-reactive ketones (excluding diaryl/α,β-unsaturated/α-hetero) is 1. The van der Waals surface area contributed by atoms with Crippen molar-refractivity contribution in [3.63, 3.8) is 0 Å². The van der Waals surface area contributed by atoms with Crippen LogP contribution in [0.4, 0.5) is 14.5 Å². The number of H-pyrrole nitrogens is 1. The van der Waals surface area contributed by atoms with Crippen LogP contribution in [-0.4, -0.2) is 75.5 Å². The second-order valence-corrected chi connectivity index (χ2v) is 12.8. The third-order valence-corrected chi connectivity index (χ3v) is 9.71. The monoisotopic (exact) mass is 631 g/mol. The van der Waals surface area contributed by atoms with Crippen LogP contribution >= 0.6 is 0 Å². The maximum atomic E-state index is 14.7. The molecule has 2 saturated carbocycles. The van der Waals surface area contributed by atoms with E-state index in [1.807, 2.05) is 6.07 Å². The lowest BCUT2D eigenvalue weighted by Gasteiger charge is -2.31. The molecular weight excluding hydrogens is 596 g/mol.